The van der Waals surface area contributed by atoms with Crippen molar-refractivity contribution in [3.05, 3.63) is 62.6 Å². The molecule has 0 aliphatic carbocycles. The second-order valence-corrected chi connectivity index (χ2v) is 6.54. The largest absolute Gasteiger partial charge is 0.332 e. The molecule has 0 aliphatic rings. The van der Waals surface area contributed by atoms with Crippen LogP contribution in [0.3, 0.4) is 0 Å². The van der Waals surface area contributed by atoms with E-state index in [9.17, 15) is 9.59 Å². The number of hydrogen-bond acceptors (Lipinski definition) is 4. The van der Waals surface area contributed by atoms with E-state index in [2.05, 4.69) is 41.1 Å². The Morgan fingerprint density at radius 1 is 1.08 bits per heavy atom. The number of likely N-dealkylation sites (N-methyl/N-ethyl adjacent to an activating group) is 1. The zero-order valence-electron chi connectivity index (χ0n) is 15.1. The van der Waals surface area contributed by atoms with E-state index < -0.39 is 0 Å². The van der Waals surface area contributed by atoms with Crippen molar-refractivity contribution in [2.24, 2.45) is 14.1 Å². The van der Waals surface area contributed by atoms with Gasteiger partial charge in [0.25, 0.3) is 5.56 Å². The van der Waals surface area contributed by atoms with Crippen LogP contribution in [0, 0.1) is 6.92 Å². The average molecular weight is 341 g/mol. The molecule has 3 rings (SSSR count). The first kappa shape index (κ1) is 17.2. The first-order valence-corrected chi connectivity index (χ1v) is 8.23. The normalized spacial score (nSPS) is 11.6. The number of rotatable bonds is 5. The minimum absolute atomic E-state index is 0.309. The van der Waals surface area contributed by atoms with Crippen molar-refractivity contribution < 1.29 is 0 Å². The molecule has 0 radical (unpaired) electrons. The summed E-state index contributed by atoms with van der Waals surface area (Å²) in [5, 5.41) is 0. The fourth-order valence-corrected chi connectivity index (χ4v) is 2.93. The zero-order valence-corrected chi connectivity index (χ0v) is 15.1. The van der Waals surface area contributed by atoms with E-state index in [0.29, 0.717) is 17.7 Å². The van der Waals surface area contributed by atoms with Gasteiger partial charge in [-0.3, -0.25) is 13.9 Å². The van der Waals surface area contributed by atoms with Crippen LogP contribution >= 0.6 is 0 Å². The Morgan fingerprint density at radius 3 is 2.44 bits per heavy atom. The smallest absolute Gasteiger partial charge is 0.323 e. The van der Waals surface area contributed by atoms with Gasteiger partial charge in [0, 0.05) is 33.7 Å². The van der Waals surface area contributed by atoms with Crippen LogP contribution in [0.2, 0.25) is 0 Å². The van der Waals surface area contributed by atoms with Crippen molar-refractivity contribution >= 4 is 11.2 Å². The van der Waals surface area contributed by atoms with Crippen molar-refractivity contribution in [2.75, 3.05) is 13.6 Å². The number of nitrogens with zero attached hydrogens (tertiary/aromatic N) is 5. The van der Waals surface area contributed by atoms with Crippen LogP contribution < -0.4 is 11.2 Å². The minimum atomic E-state index is -0.362. The average Bonchev–Trinajstić information content (AvgIpc) is 3.02. The number of fused-ring (bicyclic) bond motifs is 1. The Morgan fingerprint density at radius 2 is 1.76 bits per heavy atom. The van der Waals surface area contributed by atoms with Crippen LogP contribution in [-0.2, 0) is 27.2 Å². The quantitative estimate of drug-likeness (QED) is 0.691. The third-order valence-corrected chi connectivity index (χ3v) is 4.51. The molecule has 1 aromatic carbocycles. The molecule has 3 aromatic rings. The van der Waals surface area contributed by atoms with Crippen LogP contribution in [0.25, 0.3) is 11.2 Å². The Kier molecular flexibility index (Phi) is 4.59. The summed E-state index contributed by atoms with van der Waals surface area (Å²) in [5.41, 5.74) is 2.72. The molecular formula is C18H23N5O2. The highest BCUT2D eigenvalue weighted by Crippen LogP contribution is 2.08. The summed E-state index contributed by atoms with van der Waals surface area (Å²) in [4.78, 5) is 30.8. The van der Waals surface area contributed by atoms with Gasteiger partial charge < -0.3 is 9.47 Å². The Balaban J connectivity index is 1.78. The van der Waals surface area contributed by atoms with Gasteiger partial charge in [-0.2, -0.15) is 0 Å². The summed E-state index contributed by atoms with van der Waals surface area (Å²) in [7, 11) is 5.17. The predicted molar refractivity (Wildman–Crippen MR) is 97.7 cm³/mol. The molecule has 7 heteroatoms. The maximum atomic E-state index is 12.4. The number of hydrogen-bond donors (Lipinski definition) is 0. The summed E-state index contributed by atoms with van der Waals surface area (Å²) >= 11 is 0. The first-order chi connectivity index (χ1) is 11.9. The molecule has 2 heterocycles. The van der Waals surface area contributed by atoms with Gasteiger partial charge in [-0.25, -0.2) is 9.78 Å². The molecule has 0 spiro atoms. The van der Waals surface area contributed by atoms with E-state index in [1.54, 1.807) is 13.4 Å². The minimum Gasteiger partial charge on any atom is -0.323 e. The van der Waals surface area contributed by atoms with Crippen molar-refractivity contribution in [2.45, 2.75) is 20.0 Å². The Hall–Kier alpha value is -2.67. The molecular weight excluding hydrogens is 318 g/mol. The Bertz CT molecular complexity index is 1010. The van der Waals surface area contributed by atoms with E-state index in [1.807, 2.05) is 11.6 Å². The zero-order chi connectivity index (χ0) is 18.1. The number of benzene rings is 1. The second kappa shape index (κ2) is 6.68. The molecule has 0 aliphatic heterocycles. The molecule has 0 amide bonds. The lowest BCUT2D eigenvalue weighted by atomic mass is 10.1. The molecule has 25 heavy (non-hydrogen) atoms. The fraction of sp³-hybridized carbons (Fsp3) is 0.389. The predicted octanol–water partition coefficient (Wildman–Crippen LogP) is 0.874. The second-order valence-electron chi connectivity index (χ2n) is 6.54. The third kappa shape index (κ3) is 3.28. The van der Waals surface area contributed by atoms with Gasteiger partial charge in [-0.05, 0) is 19.5 Å². The molecule has 0 bridgehead atoms. The number of aryl methyl sites for hydroxylation is 2. The van der Waals surface area contributed by atoms with E-state index in [1.165, 1.54) is 22.7 Å². The third-order valence-electron chi connectivity index (χ3n) is 4.51. The molecule has 0 fully saturated rings. The highest BCUT2D eigenvalue weighted by Gasteiger charge is 2.14. The number of imidazole rings is 1. The van der Waals surface area contributed by atoms with E-state index >= 15 is 0 Å². The van der Waals surface area contributed by atoms with Crippen LogP contribution in [0.4, 0.5) is 0 Å². The summed E-state index contributed by atoms with van der Waals surface area (Å²) in [6, 6.07) is 8.47. The van der Waals surface area contributed by atoms with Gasteiger partial charge >= 0.3 is 5.69 Å². The molecule has 0 unspecified atom stereocenters. The lowest BCUT2D eigenvalue weighted by Gasteiger charge is -2.17. The van der Waals surface area contributed by atoms with E-state index in [0.717, 1.165) is 17.7 Å². The van der Waals surface area contributed by atoms with Gasteiger partial charge in [0.15, 0.2) is 11.2 Å². The molecule has 7 nitrogen and oxygen atoms in total. The Labute approximate surface area is 145 Å². The standard InChI is InChI=1S/C18H23N5O2/c1-13-5-7-14(8-6-13)11-20(2)9-10-23-12-19-16-15(23)17(24)22(4)18(25)21(16)3/h5-8,12H,9-11H2,1-4H3. The topological polar surface area (TPSA) is 65.1 Å². The van der Waals surface area contributed by atoms with E-state index in [-0.39, 0.29) is 11.2 Å². The fourth-order valence-electron chi connectivity index (χ4n) is 2.93. The lowest BCUT2D eigenvalue weighted by molar-refractivity contribution is 0.313. The maximum Gasteiger partial charge on any atom is 0.332 e. The monoisotopic (exact) mass is 341 g/mol. The summed E-state index contributed by atoms with van der Waals surface area (Å²) in [5.74, 6) is 0. The summed E-state index contributed by atoms with van der Waals surface area (Å²) in [6.07, 6.45) is 1.63. The highest BCUT2D eigenvalue weighted by atomic mass is 16.2. The molecule has 0 atom stereocenters. The molecule has 2 aromatic heterocycles. The molecule has 132 valence electrons. The van der Waals surface area contributed by atoms with E-state index in [4.69, 9.17) is 0 Å². The van der Waals surface area contributed by atoms with Crippen molar-refractivity contribution in [3.63, 3.8) is 0 Å². The van der Waals surface area contributed by atoms with Gasteiger partial charge in [0.1, 0.15) is 0 Å². The van der Waals surface area contributed by atoms with Crippen LogP contribution in [0.5, 0.6) is 0 Å². The van der Waals surface area contributed by atoms with Crippen molar-refractivity contribution in [1.82, 2.24) is 23.6 Å². The van der Waals surface area contributed by atoms with Gasteiger partial charge in [-0.1, -0.05) is 29.8 Å². The SMILES string of the molecule is Cc1ccc(CN(C)CCn2cnc3c2c(=O)n(C)c(=O)n3C)cc1. The van der Waals surface area contributed by atoms with Crippen molar-refractivity contribution in [3.8, 4) is 0 Å². The van der Waals surface area contributed by atoms with Crippen LogP contribution in [0.1, 0.15) is 11.1 Å². The molecule has 0 saturated heterocycles. The number of aromatic nitrogens is 4. The molecule has 0 N–H and O–H groups in total. The molecule has 0 saturated carbocycles. The van der Waals surface area contributed by atoms with Crippen LogP contribution in [0.15, 0.2) is 40.2 Å². The van der Waals surface area contributed by atoms with Gasteiger partial charge in [0.05, 0.1) is 6.33 Å². The first-order valence-electron chi connectivity index (χ1n) is 8.23. The van der Waals surface area contributed by atoms with Gasteiger partial charge in [0.2, 0.25) is 0 Å². The summed E-state index contributed by atoms with van der Waals surface area (Å²) < 4.78 is 4.35. The van der Waals surface area contributed by atoms with Crippen LogP contribution in [-0.4, -0.2) is 37.2 Å². The lowest BCUT2D eigenvalue weighted by Crippen LogP contribution is -2.37. The summed E-state index contributed by atoms with van der Waals surface area (Å²) in [6.45, 7) is 4.31. The van der Waals surface area contributed by atoms with Gasteiger partial charge in [-0.15, -0.1) is 0 Å². The van der Waals surface area contributed by atoms with Crippen molar-refractivity contribution in [1.29, 1.82) is 0 Å². The maximum absolute atomic E-state index is 12.4. The highest BCUT2D eigenvalue weighted by molar-refractivity contribution is 5.69.